The summed E-state index contributed by atoms with van der Waals surface area (Å²) in [5, 5.41) is 14.4. The van der Waals surface area contributed by atoms with Crippen molar-refractivity contribution in [2.24, 2.45) is 0 Å². The number of thioether (sulfide) groups is 1. The third-order valence-electron chi connectivity index (χ3n) is 4.25. The van der Waals surface area contributed by atoms with Gasteiger partial charge in [-0.1, -0.05) is 12.1 Å². The van der Waals surface area contributed by atoms with Crippen LogP contribution >= 0.6 is 11.8 Å². The Morgan fingerprint density at radius 3 is 2.93 bits per heavy atom. The monoisotopic (exact) mass is 387 g/mol. The standard InChI is InChI=1S/C19H21N3O4S/c1-26-11-9-20-15-8-7-14(13-17(15)22(24)25)19(23)21-10-4-12-27-18-6-3-2-5-16(18)21/h2-3,5-8,13,20H,4,9-12H2,1H3. The average Bonchev–Trinajstić information content (AvgIpc) is 2.90. The Hall–Kier alpha value is -2.58. The predicted molar refractivity (Wildman–Crippen MR) is 107 cm³/mol. The van der Waals surface area contributed by atoms with E-state index in [9.17, 15) is 14.9 Å². The van der Waals surface area contributed by atoms with Crippen LogP contribution in [0.1, 0.15) is 16.8 Å². The molecule has 0 spiro atoms. The number of benzene rings is 2. The van der Waals surface area contributed by atoms with Gasteiger partial charge in [0.25, 0.3) is 11.6 Å². The molecule has 0 aliphatic carbocycles. The fraction of sp³-hybridized carbons (Fsp3) is 0.316. The van der Waals surface area contributed by atoms with E-state index in [1.165, 1.54) is 6.07 Å². The molecular weight excluding hydrogens is 366 g/mol. The first kappa shape index (κ1) is 19.2. The molecule has 8 heteroatoms. The molecule has 0 bridgehead atoms. The molecule has 0 unspecified atom stereocenters. The van der Waals surface area contributed by atoms with Crippen LogP contribution in [0.3, 0.4) is 0 Å². The normalized spacial score (nSPS) is 13.6. The van der Waals surface area contributed by atoms with Crippen LogP contribution < -0.4 is 10.2 Å². The van der Waals surface area contributed by atoms with Gasteiger partial charge in [-0.25, -0.2) is 0 Å². The lowest BCUT2D eigenvalue weighted by Crippen LogP contribution is -2.31. The van der Waals surface area contributed by atoms with Gasteiger partial charge in [-0.05, 0) is 36.4 Å². The second kappa shape index (κ2) is 8.88. The van der Waals surface area contributed by atoms with Crippen molar-refractivity contribution < 1.29 is 14.5 Å². The van der Waals surface area contributed by atoms with Gasteiger partial charge in [0, 0.05) is 36.7 Å². The molecule has 0 atom stereocenters. The first-order chi connectivity index (χ1) is 13.1. The minimum Gasteiger partial charge on any atom is -0.383 e. The quantitative estimate of drug-likeness (QED) is 0.461. The maximum absolute atomic E-state index is 13.1. The summed E-state index contributed by atoms with van der Waals surface area (Å²) in [6, 6.07) is 12.3. The molecule has 1 heterocycles. The highest BCUT2D eigenvalue weighted by Gasteiger charge is 2.25. The number of para-hydroxylation sites is 1. The Morgan fingerprint density at radius 2 is 2.15 bits per heavy atom. The highest BCUT2D eigenvalue weighted by atomic mass is 32.2. The summed E-state index contributed by atoms with van der Waals surface area (Å²) in [6.45, 7) is 1.46. The molecule has 0 saturated heterocycles. The van der Waals surface area contributed by atoms with Crippen molar-refractivity contribution in [1.82, 2.24) is 0 Å². The summed E-state index contributed by atoms with van der Waals surface area (Å²) in [6.07, 6.45) is 0.865. The highest BCUT2D eigenvalue weighted by molar-refractivity contribution is 7.99. The van der Waals surface area contributed by atoms with Crippen molar-refractivity contribution in [2.75, 3.05) is 42.8 Å². The minimum atomic E-state index is -0.474. The number of hydrogen-bond acceptors (Lipinski definition) is 6. The SMILES string of the molecule is COCCNc1ccc(C(=O)N2CCCSc3ccccc32)cc1[N+](=O)[O-]. The third-order valence-corrected chi connectivity index (χ3v) is 5.40. The summed E-state index contributed by atoms with van der Waals surface area (Å²) in [5.74, 6) is 0.708. The van der Waals surface area contributed by atoms with Crippen LogP contribution in [0.4, 0.5) is 17.1 Å². The molecule has 27 heavy (non-hydrogen) atoms. The second-order valence-corrected chi connectivity index (χ2v) is 7.17. The van der Waals surface area contributed by atoms with E-state index in [1.54, 1.807) is 35.9 Å². The molecule has 0 radical (unpaired) electrons. The number of nitrogens with zero attached hydrogens (tertiary/aromatic N) is 2. The van der Waals surface area contributed by atoms with Gasteiger partial charge in [-0.3, -0.25) is 14.9 Å². The average molecular weight is 387 g/mol. The Bertz CT molecular complexity index is 843. The van der Waals surface area contributed by atoms with Gasteiger partial charge in [0.05, 0.1) is 17.2 Å². The van der Waals surface area contributed by atoms with Crippen molar-refractivity contribution in [3.63, 3.8) is 0 Å². The van der Waals surface area contributed by atoms with Gasteiger partial charge in [-0.15, -0.1) is 11.8 Å². The molecule has 1 aliphatic rings. The number of fused-ring (bicyclic) bond motifs is 1. The van der Waals surface area contributed by atoms with Gasteiger partial charge in [0.1, 0.15) is 5.69 Å². The first-order valence-corrected chi connectivity index (χ1v) is 9.65. The number of nitrogens with one attached hydrogen (secondary N) is 1. The number of nitro benzene ring substituents is 1. The highest BCUT2D eigenvalue weighted by Crippen LogP contribution is 2.35. The van der Waals surface area contributed by atoms with Crippen LogP contribution in [0.5, 0.6) is 0 Å². The molecule has 2 aromatic carbocycles. The van der Waals surface area contributed by atoms with Gasteiger partial charge in [-0.2, -0.15) is 0 Å². The maximum atomic E-state index is 13.1. The van der Waals surface area contributed by atoms with Crippen molar-refractivity contribution in [3.8, 4) is 0 Å². The van der Waals surface area contributed by atoms with E-state index in [2.05, 4.69) is 5.32 Å². The number of anilines is 2. The summed E-state index contributed by atoms with van der Waals surface area (Å²) in [4.78, 5) is 26.9. The van der Waals surface area contributed by atoms with Crippen molar-refractivity contribution in [1.29, 1.82) is 0 Å². The molecule has 2 aromatic rings. The number of hydrogen-bond donors (Lipinski definition) is 1. The Balaban J connectivity index is 1.90. The largest absolute Gasteiger partial charge is 0.383 e. The van der Waals surface area contributed by atoms with Crippen molar-refractivity contribution in [3.05, 3.63) is 58.1 Å². The smallest absolute Gasteiger partial charge is 0.293 e. The Kier molecular flexibility index (Phi) is 6.31. The number of ether oxygens (including phenoxy) is 1. The van der Waals surface area contributed by atoms with E-state index < -0.39 is 4.92 Å². The van der Waals surface area contributed by atoms with Crippen LogP contribution in [-0.2, 0) is 4.74 Å². The molecule has 1 amide bonds. The van der Waals surface area contributed by atoms with Crippen LogP contribution in [0.25, 0.3) is 0 Å². The van der Waals surface area contributed by atoms with Crippen LogP contribution in [0.2, 0.25) is 0 Å². The minimum absolute atomic E-state index is 0.116. The zero-order valence-corrected chi connectivity index (χ0v) is 15.8. The molecule has 1 N–H and O–H groups in total. The maximum Gasteiger partial charge on any atom is 0.293 e. The van der Waals surface area contributed by atoms with E-state index >= 15 is 0 Å². The van der Waals surface area contributed by atoms with Crippen LogP contribution in [-0.4, -0.2) is 43.4 Å². The fourth-order valence-corrected chi connectivity index (χ4v) is 3.94. The lowest BCUT2D eigenvalue weighted by atomic mass is 10.1. The van der Waals surface area contributed by atoms with Crippen LogP contribution in [0, 0.1) is 10.1 Å². The zero-order valence-electron chi connectivity index (χ0n) is 15.0. The number of carbonyl (C=O) groups is 1. The number of carbonyl (C=O) groups excluding carboxylic acids is 1. The number of methoxy groups -OCH3 is 1. The van der Waals surface area contributed by atoms with Crippen LogP contribution in [0.15, 0.2) is 47.4 Å². The number of nitro groups is 1. The summed E-state index contributed by atoms with van der Waals surface area (Å²) in [5.41, 5.74) is 1.42. The second-order valence-electron chi connectivity index (χ2n) is 6.04. The molecular formula is C19H21N3O4S. The fourth-order valence-electron chi connectivity index (χ4n) is 2.95. The van der Waals surface area contributed by atoms with Crippen molar-refractivity contribution in [2.45, 2.75) is 11.3 Å². The Labute approximate surface area is 161 Å². The van der Waals surface area contributed by atoms with Gasteiger partial charge < -0.3 is 15.0 Å². The number of rotatable bonds is 6. The van der Waals surface area contributed by atoms with E-state index in [-0.39, 0.29) is 11.6 Å². The molecule has 0 aromatic heterocycles. The molecule has 0 fully saturated rings. The third kappa shape index (κ3) is 4.40. The molecule has 7 nitrogen and oxygen atoms in total. The summed E-state index contributed by atoms with van der Waals surface area (Å²) >= 11 is 1.72. The molecule has 0 saturated carbocycles. The first-order valence-electron chi connectivity index (χ1n) is 8.66. The summed E-state index contributed by atoms with van der Waals surface area (Å²) < 4.78 is 4.96. The van der Waals surface area contributed by atoms with E-state index in [1.807, 2.05) is 24.3 Å². The lowest BCUT2D eigenvalue weighted by Gasteiger charge is -2.22. The van der Waals surface area contributed by atoms with Gasteiger partial charge in [0.2, 0.25) is 0 Å². The van der Waals surface area contributed by atoms with Gasteiger partial charge >= 0.3 is 0 Å². The zero-order chi connectivity index (χ0) is 19.2. The Morgan fingerprint density at radius 1 is 1.33 bits per heavy atom. The lowest BCUT2D eigenvalue weighted by molar-refractivity contribution is -0.384. The van der Waals surface area contributed by atoms with E-state index in [4.69, 9.17) is 4.74 Å². The molecule has 142 valence electrons. The summed E-state index contributed by atoms with van der Waals surface area (Å²) in [7, 11) is 1.56. The van der Waals surface area contributed by atoms with E-state index in [0.717, 1.165) is 22.8 Å². The predicted octanol–water partition coefficient (Wildman–Crippen LogP) is 3.80. The molecule has 3 rings (SSSR count). The number of amides is 1. The van der Waals surface area contributed by atoms with Gasteiger partial charge in [0.15, 0.2) is 0 Å². The van der Waals surface area contributed by atoms with E-state index in [0.29, 0.717) is 30.9 Å². The molecule has 1 aliphatic heterocycles. The topological polar surface area (TPSA) is 84.7 Å². The van der Waals surface area contributed by atoms with Crippen molar-refractivity contribution >= 4 is 34.7 Å².